The first-order valence-electron chi connectivity index (χ1n) is 8.27. The zero-order chi connectivity index (χ0) is 20.3. The van der Waals surface area contributed by atoms with Gasteiger partial charge in [0.05, 0.1) is 23.8 Å². The second-order valence-electron chi connectivity index (χ2n) is 6.15. The zero-order valence-corrected chi connectivity index (χ0v) is 15.6. The summed E-state index contributed by atoms with van der Waals surface area (Å²) in [5.74, 6) is -1.45. The molecule has 1 aromatic heterocycles. The van der Waals surface area contributed by atoms with E-state index in [0.29, 0.717) is 16.2 Å². The van der Waals surface area contributed by atoms with Gasteiger partial charge in [-0.25, -0.2) is 9.37 Å². The number of hydrogen-bond donors (Lipinski definition) is 1. The van der Waals surface area contributed by atoms with E-state index in [2.05, 4.69) is 10.3 Å². The van der Waals surface area contributed by atoms with Crippen LogP contribution in [0, 0.1) is 5.82 Å². The Morgan fingerprint density at radius 3 is 2.79 bits per heavy atom. The second-order valence-corrected chi connectivity index (χ2v) is 6.58. The van der Waals surface area contributed by atoms with E-state index in [4.69, 9.17) is 11.6 Å². The van der Waals surface area contributed by atoms with Crippen LogP contribution in [0.1, 0.15) is 0 Å². The minimum absolute atomic E-state index is 0.0802. The molecule has 0 radical (unpaired) electrons. The van der Waals surface area contributed by atoms with Gasteiger partial charge in [0.15, 0.2) is 0 Å². The van der Waals surface area contributed by atoms with Crippen molar-refractivity contribution in [2.24, 2.45) is 0 Å². The van der Waals surface area contributed by atoms with Gasteiger partial charge in [-0.3, -0.25) is 19.0 Å². The molecule has 144 valence electrons. The average molecular weight is 403 g/mol. The first-order valence-corrected chi connectivity index (χ1v) is 8.65. The minimum atomic E-state index is -0.565. The summed E-state index contributed by atoms with van der Waals surface area (Å²) < 4.78 is 14.5. The van der Waals surface area contributed by atoms with Crippen LogP contribution in [0.4, 0.5) is 10.1 Å². The summed E-state index contributed by atoms with van der Waals surface area (Å²) in [6, 6.07) is 10.3. The van der Waals surface area contributed by atoms with Crippen molar-refractivity contribution in [3.05, 3.63) is 70.0 Å². The minimum Gasteiger partial charge on any atom is -0.335 e. The quantitative estimate of drug-likeness (QED) is 0.709. The number of carbonyl (C=O) groups excluding carboxylic acids is 2. The van der Waals surface area contributed by atoms with Crippen molar-refractivity contribution in [1.82, 2.24) is 14.5 Å². The largest absolute Gasteiger partial charge is 0.335 e. The molecule has 7 nitrogen and oxygen atoms in total. The highest BCUT2D eigenvalue weighted by atomic mass is 35.5. The van der Waals surface area contributed by atoms with Crippen LogP contribution in [0.5, 0.6) is 0 Å². The maximum absolute atomic E-state index is 13.4. The number of fused-ring (bicyclic) bond motifs is 1. The summed E-state index contributed by atoms with van der Waals surface area (Å²) in [4.78, 5) is 42.1. The molecule has 0 unspecified atom stereocenters. The van der Waals surface area contributed by atoms with E-state index in [-0.39, 0.29) is 18.5 Å². The third-order valence-electron chi connectivity index (χ3n) is 4.01. The number of carbonyl (C=O) groups is 2. The third-order valence-corrected chi connectivity index (χ3v) is 4.24. The van der Waals surface area contributed by atoms with E-state index in [1.54, 1.807) is 24.3 Å². The average Bonchev–Trinajstić information content (AvgIpc) is 2.64. The Morgan fingerprint density at radius 1 is 1.25 bits per heavy atom. The fraction of sp³-hybridized carbons (Fsp3) is 0.158. The molecule has 0 aliphatic carbocycles. The number of benzene rings is 2. The monoisotopic (exact) mass is 402 g/mol. The Morgan fingerprint density at radius 2 is 2.04 bits per heavy atom. The number of aromatic nitrogens is 2. The SMILES string of the molecule is CN(CC(=O)Nc1cccc(Cl)c1)C(=O)Cn1cnc2ccc(F)cc2c1=O. The number of nitrogens with zero attached hydrogens (tertiary/aromatic N) is 3. The van der Waals surface area contributed by atoms with Crippen molar-refractivity contribution in [2.45, 2.75) is 6.54 Å². The van der Waals surface area contributed by atoms with E-state index in [9.17, 15) is 18.8 Å². The Bertz CT molecular complexity index is 1120. The predicted molar refractivity (Wildman–Crippen MR) is 104 cm³/mol. The molecule has 0 saturated carbocycles. The molecule has 1 N–H and O–H groups in total. The van der Waals surface area contributed by atoms with Gasteiger partial charge in [0.25, 0.3) is 5.56 Å². The molecule has 0 fully saturated rings. The molecule has 3 rings (SSSR count). The van der Waals surface area contributed by atoms with Crippen LogP contribution in [-0.4, -0.2) is 39.9 Å². The molecule has 1 heterocycles. The number of amides is 2. The Hall–Kier alpha value is -3.26. The maximum Gasteiger partial charge on any atom is 0.261 e. The van der Waals surface area contributed by atoms with Gasteiger partial charge in [-0.05, 0) is 36.4 Å². The highest BCUT2D eigenvalue weighted by molar-refractivity contribution is 6.30. The fourth-order valence-electron chi connectivity index (χ4n) is 2.58. The lowest BCUT2D eigenvalue weighted by molar-refractivity contribution is -0.133. The molecule has 0 aliphatic heterocycles. The van der Waals surface area contributed by atoms with Crippen LogP contribution in [0.15, 0.2) is 53.6 Å². The molecule has 2 amide bonds. The predicted octanol–water partition coefficient (Wildman–Crippen LogP) is 2.29. The van der Waals surface area contributed by atoms with Gasteiger partial charge in [0, 0.05) is 17.8 Å². The number of likely N-dealkylation sites (N-methyl/N-ethyl adjacent to an activating group) is 1. The van der Waals surface area contributed by atoms with Crippen LogP contribution in [0.3, 0.4) is 0 Å². The van der Waals surface area contributed by atoms with Gasteiger partial charge in [-0.15, -0.1) is 0 Å². The van der Waals surface area contributed by atoms with E-state index in [0.717, 1.165) is 10.6 Å². The highest BCUT2D eigenvalue weighted by Crippen LogP contribution is 2.14. The summed E-state index contributed by atoms with van der Waals surface area (Å²) in [6.07, 6.45) is 1.22. The van der Waals surface area contributed by atoms with Crippen molar-refractivity contribution in [1.29, 1.82) is 0 Å². The van der Waals surface area contributed by atoms with Crippen LogP contribution in [-0.2, 0) is 16.1 Å². The van der Waals surface area contributed by atoms with Crippen molar-refractivity contribution < 1.29 is 14.0 Å². The van der Waals surface area contributed by atoms with E-state index in [1.165, 1.54) is 30.4 Å². The molecule has 0 bridgehead atoms. The fourth-order valence-corrected chi connectivity index (χ4v) is 2.77. The first-order chi connectivity index (χ1) is 13.3. The number of rotatable bonds is 5. The molecule has 0 saturated heterocycles. The lowest BCUT2D eigenvalue weighted by Gasteiger charge is -2.17. The molecule has 0 atom stereocenters. The molecule has 9 heteroatoms. The van der Waals surface area contributed by atoms with Crippen molar-refractivity contribution in [2.75, 3.05) is 18.9 Å². The lowest BCUT2D eigenvalue weighted by atomic mass is 10.2. The summed E-state index contributed by atoms with van der Waals surface area (Å²) in [6.45, 7) is -0.533. The molecule has 2 aromatic carbocycles. The van der Waals surface area contributed by atoms with Crippen LogP contribution in [0.2, 0.25) is 5.02 Å². The normalized spacial score (nSPS) is 10.7. The van der Waals surface area contributed by atoms with Crippen LogP contribution >= 0.6 is 11.6 Å². The van der Waals surface area contributed by atoms with Gasteiger partial charge in [-0.1, -0.05) is 17.7 Å². The smallest absolute Gasteiger partial charge is 0.261 e. The zero-order valence-electron chi connectivity index (χ0n) is 14.9. The molecular formula is C19H16ClFN4O3. The molecule has 28 heavy (non-hydrogen) atoms. The van der Waals surface area contributed by atoms with Gasteiger partial charge < -0.3 is 10.2 Å². The topological polar surface area (TPSA) is 84.3 Å². The van der Waals surface area contributed by atoms with Crippen molar-refractivity contribution in [3.63, 3.8) is 0 Å². The number of halogens is 2. The van der Waals surface area contributed by atoms with Gasteiger partial charge in [0.2, 0.25) is 11.8 Å². The summed E-state index contributed by atoms with van der Waals surface area (Å²) in [5, 5.41) is 3.19. The van der Waals surface area contributed by atoms with Crippen molar-refractivity contribution >= 4 is 40.0 Å². The van der Waals surface area contributed by atoms with Gasteiger partial charge in [0.1, 0.15) is 12.4 Å². The Kier molecular flexibility index (Phi) is 5.70. The molecule has 0 spiro atoms. The van der Waals surface area contributed by atoms with Gasteiger partial charge >= 0.3 is 0 Å². The van der Waals surface area contributed by atoms with E-state index >= 15 is 0 Å². The third kappa shape index (κ3) is 4.52. The van der Waals surface area contributed by atoms with E-state index < -0.39 is 23.2 Å². The molecular weight excluding hydrogens is 387 g/mol. The Balaban J connectivity index is 1.67. The first kappa shape index (κ1) is 19.5. The summed E-state index contributed by atoms with van der Waals surface area (Å²) in [7, 11) is 1.44. The van der Waals surface area contributed by atoms with E-state index in [1.807, 2.05) is 0 Å². The standard InChI is InChI=1S/C19H16ClFN4O3/c1-24(9-17(26)23-14-4-2-3-12(20)7-14)18(27)10-25-11-22-16-6-5-13(21)8-15(16)19(25)28/h2-8,11H,9-10H2,1H3,(H,23,26). The van der Waals surface area contributed by atoms with Gasteiger partial charge in [-0.2, -0.15) is 0 Å². The molecule has 3 aromatic rings. The summed E-state index contributed by atoms with van der Waals surface area (Å²) >= 11 is 5.86. The Labute approximate surface area is 164 Å². The lowest BCUT2D eigenvalue weighted by Crippen LogP contribution is -2.38. The molecule has 0 aliphatic rings. The van der Waals surface area contributed by atoms with Crippen LogP contribution < -0.4 is 10.9 Å². The highest BCUT2D eigenvalue weighted by Gasteiger charge is 2.15. The number of nitrogens with one attached hydrogen (secondary N) is 1. The number of hydrogen-bond acceptors (Lipinski definition) is 4. The van der Waals surface area contributed by atoms with Crippen LogP contribution in [0.25, 0.3) is 10.9 Å². The second kappa shape index (κ2) is 8.18. The number of anilines is 1. The van der Waals surface area contributed by atoms with Crippen molar-refractivity contribution in [3.8, 4) is 0 Å². The maximum atomic E-state index is 13.4. The summed E-state index contributed by atoms with van der Waals surface area (Å²) in [5.41, 5.74) is 0.314.